The third kappa shape index (κ3) is 3.37. The summed E-state index contributed by atoms with van der Waals surface area (Å²) in [6.45, 7) is -0.165. The molecule has 0 aliphatic rings. The molecule has 5 heteroatoms. The second-order valence-electron chi connectivity index (χ2n) is 4.36. The number of aliphatic hydroxyl groups excluding tert-OH is 1. The minimum Gasteiger partial charge on any atom is -0.398 e. The van der Waals surface area contributed by atoms with E-state index in [2.05, 4.69) is 21.2 Å². The molecule has 0 radical (unpaired) electrons. The van der Waals surface area contributed by atoms with Crippen LogP contribution in [0.25, 0.3) is 0 Å². The molecule has 0 saturated carbocycles. The first kappa shape index (κ1) is 14.6. The number of nitrogen functional groups attached to an aromatic ring is 1. The van der Waals surface area contributed by atoms with Crippen molar-refractivity contribution in [1.82, 2.24) is 5.32 Å². The third-order valence-corrected chi connectivity index (χ3v) is 3.67. The fourth-order valence-corrected chi connectivity index (χ4v) is 2.09. The van der Waals surface area contributed by atoms with Crippen LogP contribution in [-0.2, 0) is 0 Å². The van der Waals surface area contributed by atoms with Crippen molar-refractivity contribution in [2.75, 3.05) is 12.3 Å². The van der Waals surface area contributed by atoms with E-state index in [1.165, 1.54) is 0 Å². The number of nitrogens with one attached hydrogen (secondary N) is 1. The Labute approximate surface area is 125 Å². The summed E-state index contributed by atoms with van der Waals surface area (Å²) in [5, 5.41) is 12.2. The van der Waals surface area contributed by atoms with Gasteiger partial charge in [-0.25, -0.2) is 0 Å². The molecule has 2 aromatic carbocycles. The molecule has 20 heavy (non-hydrogen) atoms. The SMILES string of the molecule is Nc1cc(C(=O)NC(CO)c2ccccc2)ccc1Br. The van der Waals surface area contributed by atoms with Crippen molar-refractivity contribution >= 4 is 27.5 Å². The topological polar surface area (TPSA) is 75.4 Å². The van der Waals surface area contributed by atoms with Gasteiger partial charge in [-0.2, -0.15) is 0 Å². The van der Waals surface area contributed by atoms with E-state index in [9.17, 15) is 9.90 Å². The van der Waals surface area contributed by atoms with E-state index < -0.39 is 6.04 Å². The van der Waals surface area contributed by atoms with Crippen molar-refractivity contribution < 1.29 is 9.90 Å². The Morgan fingerprint density at radius 3 is 2.55 bits per heavy atom. The van der Waals surface area contributed by atoms with Crippen molar-refractivity contribution in [1.29, 1.82) is 0 Å². The van der Waals surface area contributed by atoms with Crippen LogP contribution in [0.3, 0.4) is 0 Å². The zero-order valence-electron chi connectivity index (χ0n) is 10.7. The normalized spacial score (nSPS) is 11.9. The standard InChI is InChI=1S/C15H15BrN2O2/c16-12-7-6-11(8-13(12)17)15(20)18-14(9-19)10-4-2-1-3-5-10/h1-8,14,19H,9,17H2,(H,18,20). The molecular formula is C15H15BrN2O2. The van der Waals surface area contributed by atoms with Crippen LogP contribution in [0.1, 0.15) is 22.0 Å². The lowest BCUT2D eigenvalue weighted by Crippen LogP contribution is -2.30. The third-order valence-electron chi connectivity index (χ3n) is 2.95. The first-order valence-corrected chi connectivity index (χ1v) is 6.93. The summed E-state index contributed by atoms with van der Waals surface area (Å²) in [4.78, 5) is 12.2. The van der Waals surface area contributed by atoms with Crippen LogP contribution in [0, 0.1) is 0 Å². The molecule has 0 aromatic heterocycles. The highest BCUT2D eigenvalue weighted by Crippen LogP contribution is 2.21. The number of carbonyl (C=O) groups excluding carboxylic acids is 1. The van der Waals surface area contributed by atoms with E-state index in [4.69, 9.17) is 5.73 Å². The molecule has 0 heterocycles. The number of anilines is 1. The second kappa shape index (κ2) is 6.54. The van der Waals surface area contributed by atoms with Crippen molar-refractivity contribution in [2.45, 2.75) is 6.04 Å². The van der Waals surface area contributed by atoms with Gasteiger partial charge in [0.25, 0.3) is 5.91 Å². The minimum atomic E-state index is -0.437. The van der Waals surface area contributed by atoms with Crippen LogP contribution in [0.2, 0.25) is 0 Å². The Hall–Kier alpha value is -1.85. The fourth-order valence-electron chi connectivity index (χ4n) is 1.85. The molecule has 4 nitrogen and oxygen atoms in total. The molecule has 104 valence electrons. The number of hydrogen-bond acceptors (Lipinski definition) is 3. The summed E-state index contributed by atoms with van der Waals surface area (Å²) >= 11 is 3.28. The summed E-state index contributed by atoms with van der Waals surface area (Å²) in [5.41, 5.74) is 7.57. The molecule has 0 spiro atoms. The molecule has 1 unspecified atom stereocenters. The van der Waals surface area contributed by atoms with Crippen LogP contribution in [0.5, 0.6) is 0 Å². The lowest BCUT2D eigenvalue weighted by atomic mass is 10.1. The highest BCUT2D eigenvalue weighted by atomic mass is 79.9. The first-order chi connectivity index (χ1) is 9.61. The van der Waals surface area contributed by atoms with Gasteiger partial charge in [-0.3, -0.25) is 4.79 Å². The summed E-state index contributed by atoms with van der Waals surface area (Å²) in [6, 6.07) is 13.9. The van der Waals surface area contributed by atoms with E-state index in [-0.39, 0.29) is 12.5 Å². The van der Waals surface area contributed by atoms with Gasteiger partial charge < -0.3 is 16.2 Å². The van der Waals surface area contributed by atoms with Crippen LogP contribution in [-0.4, -0.2) is 17.6 Å². The Bertz CT molecular complexity index is 602. The van der Waals surface area contributed by atoms with Gasteiger partial charge in [0.15, 0.2) is 0 Å². The maximum Gasteiger partial charge on any atom is 0.251 e. The van der Waals surface area contributed by atoms with E-state index in [0.717, 1.165) is 10.0 Å². The van der Waals surface area contributed by atoms with Gasteiger partial charge in [0, 0.05) is 15.7 Å². The van der Waals surface area contributed by atoms with Crippen molar-refractivity contribution in [3.63, 3.8) is 0 Å². The number of benzene rings is 2. The maximum absolute atomic E-state index is 12.2. The summed E-state index contributed by atoms with van der Waals surface area (Å²) < 4.78 is 0.746. The van der Waals surface area contributed by atoms with Gasteiger partial charge in [-0.1, -0.05) is 30.3 Å². The zero-order valence-corrected chi connectivity index (χ0v) is 12.3. The van der Waals surface area contributed by atoms with Gasteiger partial charge in [0.05, 0.1) is 12.6 Å². The van der Waals surface area contributed by atoms with Crippen molar-refractivity contribution in [2.24, 2.45) is 0 Å². The maximum atomic E-state index is 12.2. The average Bonchev–Trinajstić information content (AvgIpc) is 2.48. The number of amides is 1. The molecular weight excluding hydrogens is 320 g/mol. The quantitative estimate of drug-likeness (QED) is 0.752. The number of aliphatic hydroxyl groups is 1. The Kier molecular flexibility index (Phi) is 4.76. The molecule has 4 N–H and O–H groups in total. The highest BCUT2D eigenvalue weighted by Gasteiger charge is 2.15. The van der Waals surface area contributed by atoms with Gasteiger partial charge in [-0.15, -0.1) is 0 Å². The number of halogens is 1. The molecule has 2 aromatic rings. The number of carbonyl (C=O) groups is 1. The number of rotatable bonds is 4. The molecule has 0 fully saturated rings. The lowest BCUT2D eigenvalue weighted by molar-refractivity contribution is 0.0916. The molecule has 0 aliphatic heterocycles. The Morgan fingerprint density at radius 1 is 1.25 bits per heavy atom. The van der Waals surface area contributed by atoms with Crippen molar-refractivity contribution in [3.05, 3.63) is 64.1 Å². The predicted octanol–water partition coefficient (Wildman–Crippen LogP) is 2.49. The van der Waals surface area contributed by atoms with Crippen LogP contribution in [0.15, 0.2) is 53.0 Å². The summed E-state index contributed by atoms with van der Waals surface area (Å²) in [6.07, 6.45) is 0. The van der Waals surface area contributed by atoms with Gasteiger partial charge in [-0.05, 0) is 39.7 Å². The van der Waals surface area contributed by atoms with Gasteiger partial charge in [0.1, 0.15) is 0 Å². The smallest absolute Gasteiger partial charge is 0.251 e. The number of hydrogen-bond donors (Lipinski definition) is 3. The van der Waals surface area contributed by atoms with Gasteiger partial charge >= 0.3 is 0 Å². The van der Waals surface area contributed by atoms with E-state index in [1.54, 1.807) is 18.2 Å². The fraction of sp³-hybridized carbons (Fsp3) is 0.133. The monoisotopic (exact) mass is 334 g/mol. The van der Waals surface area contributed by atoms with E-state index >= 15 is 0 Å². The predicted molar refractivity (Wildman–Crippen MR) is 82.3 cm³/mol. The minimum absolute atomic E-state index is 0.165. The largest absolute Gasteiger partial charge is 0.398 e. The van der Waals surface area contributed by atoms with Crippen LogP contribution in [0.4, 0.5) is 5.69 Å². The molecule has 2 rings (SSSR count). The lowest BCUT2D eigenvalue weighted by Gasteiger charge is -2.17. The first-order valence-electron chi connectivity index (χ1n) is 6.13. The van der Waals surface area contributed by atoms with Crippen LogP contribution >= 0.6 is 15.9 Å². The molecule has 0 bridgehead atoms. The van der Waals surface area contributed by atoms with Crippen molar-refractivity contribution in [3.8, 4) is 0 Å². The second-order valence-corrected chi connectivity index (χ2v) is 5.21. The molecule has 1 atom stereocenters. The molecule has 0 saturated heterocycles. The number of nitrogens with two attached hydrogens (primary N) is 1. The molecule has 0 aliphatic carbocycles. The summed E-state index contributed by atoms with van der Waals surface area (Å²) in [5.74, 6) is -0.271. The van der Waals surface area contributed by atoms with E-state index in [1.807, 2.05) is 30.3 Å². The molecule has 1 amide bonds. The zero-order chi connectivity index (χ0) is 14.5. The Balaban J connectivity index is 2.15. The van der Waals surface area contributed by atoms with E-state index in [0.29, 0.717) is 11.3 Å². The average molecular weight is 335 g/mol. The summed E-state index contributed by atoms with van der Waals surface area (Å²) in [7, 11) is 0. The van der Waals surface area contributed by atoms with Crippen LogP contribution < -0.4 is 11.1 Å². The Morgan fingerprint density at radius 2 is 1.95 bits per heavy atom. The highest BCUT2D eigenvalue weighted by molar-refractivity contribution is 9.10. The van der Waals surface area contributed by atoms with Gasteiger partial charge in [0.2, 0.25) is 0 Å².